The maximum absolute atomic E-state index is 11.6. The Balaban J connectivity index is 2.49. The van der Waals surface area contributed by atoms with Gasteiger partial charge in [-0.1, -0.05) is 6.92 Å². The summed E-state index contributed by atoms with van der Waals surface area (Å²) in [7, 11) is 0. The van der Waals surface area contributed by atoms with E-state index >= 15 is 0 Å². The molecule has 1 aromatic heterocycles. The van der Waals surface area contributed by atoms with Gasteiger partial charge >= 0.3 is 0 Å². The molecular formula is C10H13BrN2O2S. The molecule has 0 aliphatic carbocycles. The van der Waals surface area contributed by atoms with Gasteiger partial charge in [0.25, 0.3) is 5.91 Å². The second-order valence-corrected chi connectivity index (χ2v) is 4.53. The van der Waals surface area contributed by atoms with E-state index in [1.165, 1.54) is 0 Å². The molecular weight excluding hydrogens is 292 g/mol. The van der Waals surface area contributed by atoms with Crippen LogP contribution in [0, 0.1) is 0 Å². The monoisotopic (exact) mass is 304 g/mol. The maximum atomic E-state index is 11.6. The first kappa shape index (κ1) is 13.2. The molecule has 0 fully saturated rings. The Labute approximate surface area is 108 Å². The van der Waals surface area contributed by atoms with Gasteiger partial charge in [-0.05, 0) is 53.6 Å². The number of halogens is 1. The van der Waals surface area contributed by atoms with Crippen LogP contribution in [0.25, 0.3) is 0 Å². The quantitative estimate of drug-likeness (QED) is 0.842. The van der Waals surface area contributed by atoms with Crippen LogP contribution in [0.2, 0.25) is 0 Å². The van der Waals surface area contributed by atoms with E-state index < -0.39 is 0 Å². The Morgan fingerprint density at radius 1 is 1.62 bits per heavy atom. The maximum Gasteiger partial charge on any atom is 0.293 e. The van der Waals surface area contributed by atoms with Crippen LogP contribution < -0.4 is 10.6 Å². The molecule has 0 aliphatic rings. The minimum atomic E-state index is -0.355. The molecule has 0 saturated heterocycles. The molecule has 1 atom stereocenters. The van der Waals surface area contributed by atoms with Gasteiger partial charge in [0.05, 0.1) is 0 Å². The smallest absolute Gasteiger partial charge is 0.293 e. The van der Waals surface area contributed by atoms with Crippen molar-refractivity contribution >= 4 is 39.2 Å². The molecule has 1 amide bonds. The van der Waals surface area contributed by atoms with Crippen LogP contribution in [0.4, 0.5) is 0 Å². The van der Waals surface area contributed by atoms with E-state index in [4.69, 9.17) is 16.6 Å². The van der Waals surface area contributed by atoms with Gasteiger partial charge in [0, 0.05) is 6.04 Å². The summed E-state index contributed by atoms with van der Waals surface area (Å²) in [5, 5.41) is 5.84. The molecule has 0 radical (unpaired) electrons. The van der Waals surface area contributed by atoms with Crippen molar-refractivity contribution in [2.24, 2.45) is 0 Å². The molecule has 16 heavy (non-hydrogen) atoms. The summed E-state index contributed by atoms with van der Waals surface area (Å²) in [6, 6.07) is 3.46. The van der Waals surface area contributed by atoms with E-state index in [0.29, 0.717) is 9.78 Å². The average Bonchev–Trinajstić information content (AvgIpc) is 2.64. The van der Waals surface area contributed by atoms with Crippen molar-refractivity contribution in [3.05, 3.63) is 22.6 Å². The molecule has 4 nitrogen and oxygen atoms in total. The highest BCUT2D eigenvalue weighted by molar-refractivity contribution is 9.10. The fourth-order valence-electron chi connectivity index (χ4n) is 0.963. The Morgan fingerprint density at radius 3 is 2.81 bits per heavy atom. The Morgan fingerprint density at radius 2 is 2.31 bits per heavy atom. The zero-order valence-corrected chi connectivity index (χ0v) is 11.4. The summed E-state index contributed by atoms with van der Waals surface area (Å²) in [6.45, 7) is 4.02. The van der Waals surface area contributed by atoms with Gasteiger partial charge in [-0.15, -0.1) is 0 Å². The third kappa shape index (κ3) is 3.94. The molecule has 0 bridgehead atoms. The lowest BCUT2D eigenvalue weighted by molar-refractivity contribution is 0.0948. The zero-order chi connectivity index (χ0) is 12.1. The van der Waals surface area contributed by atoms with Gasteiger partial charge in [0.2, 0.25) is 0 Å². The van der Waals surface area contributed by atoms with Crippen LogP contribution in [0.5, 0.6) is 0 Å². The summed E-state index contributed by atoms with van der Waals surface area (Å²) in [5.74, 6) is -0.133. The third-order valence-corrected chi connectivity index (χ3v) is 2.66. The number of carbonyl (C=O) groups excluding carboxylic acids is 1. The highest BCUT2D eigenvalue weighted by Crippen LogP contribution is 2.13. The summed E-state index contributed by atoms with van der Waals surface area (Å²) in [5.41, 5.74) is 0. The van der Waals surface area contributed by atoms with Crippen LogP contribution in [0.1, 0.15) is 30.8 Å². The molecule has 0 aliphatic heterocycles. The number of thiocarbonyl (C=S) groups is 1. The van der Waals surface area contributed by atoms with Crippen LogP contribution in [-0.2, 0) is 0 Å². The first-order valence-electron chi connectivity index (χ1n) is 4.90. The molecule has 1 heterocycles. The number of furan rings is 1. The van der Waals surface area contributed by atoms with Crippen LogP contribution in [-0.4, -0.2) is 17.1 Å². The summed E-state index contributed by atoms with van der Waals surface area (Å²) < 4.78 is 5.61. The van der Waals surface area contributed by atoms with E-state index in [2.05, 4.69) is 26.6 Å². The van der Waals surface area contributed by atoms with Crippen LogP contribution >= 0.6 is 28.1 Å². The third-order valence-electron chi connectivity index (χ3n) is 2.01. The van der Waals surface area contributed by atoms with E-state index in [1.54, 1.807) is 12.1 Å². The molecule has 1 unspecified atom stereocenters. The first-order chi connectivity index (χ1) is 7.52. The molecule has 6 heteroatoms. The zero-order valence-electron chi connectivity index (χ0n) is 9.04. The van der Waals surface area contributed by atoms with E-state index in [0.717, 1.165) is 6.42 Å². The number of hydrogen-bond acceptors (Lipinski definition) is 3. The summed E-state index contributed by atoms with van der Waals surface area (Å²) in [4.78, 5) is 11.6. The van der Waals surface area contributed by atoms with E-state index in [-0.39, 0.29) is 17.7 Å². The highest BCUT2D eigenvalue weighted by atomic mass is 79.9. The second-order valence-electron chi connectivity index (χ2n) is 3.34. The van der Waals surface area contributed by atoms with Crippen molar-refractivity contribution in [2.45, 2.75) is 26.3 Å². The average molecular weight is 305 g/mol. The predicted octanol–water partition coefficient (Wildman–Crippen LogP) is 2.44. The Hall–Kier alpha value is -0.880. The van der Waals surface area contributed by atoms with Crippen LogP contribution in [0.15, 0.2) is 21.2 Å². The Kier molecular flexibility index (Phi) is 4.95. The topological polar surface area (TPSA) is 54.3 Å². The molecule has 1 rings (SSSR count). The largest absolute Gasteiger partial charge is 0.444 e. The predicted molar refractivity (Wildman–Crippen MR) is 69.4 cm³/mol. The minimum absolute atomic E-state index is 0.222. The van der Waals surface area contributed by atoms with Gasteiger partial charge in [-0.3, -0.25) is 10.1 Å². The summed E-state index contributed by atoms with van der Waals surface area (Å²) in [6.07, 6.45) is 0.933. The molecule has 88 valence electrons. The number of amides is 1. The lowest BCUT2D eigenvalue weighted by Gasteiger charge is -2.13. The van der Waals surface area contributed by atoms with Gasteiger partial charge in [0.15, 0.2) is 15.5 Å². The lowest BCUT2D eigenvalue weighted by atomic mass is 10.3. The van der Waals surface area contributed by atoms with Gasteiger partial charge in [-0.25, -0.2) is 0 Å². The lowest BCUT2D eigenvalue weighted by Crippen LogP contribution is -2.42. The van der Waals surface area contributed by atoms with Crippen molar-refractivity contribution in [1.82, 2.24) is 10.6 Å². The van der Waals surface area contributed by atoms with Crippen molar-refractivity contribution in [1.29, 1.82) is 0 Å². The molecule has 0 spiro atoms. The van der Waals surface area contributed by atoms with Gasteiger partial charge in [-0.2, -0.15) is 0 Å². The number of hydrogen-bond donors (Lipinski definition) is 2. The SMILES string of the molecule is CCC(C)NC(=S)NC(=O)c1ccc(Br)o1. The number of carbonyl (C=O) groups is 1. The van der Waals surface area contributed by atoms with Crippen molar-refractivity contribution in [3.8, 4) is 0 Å². The van der Waals surface area contributed by atoms with Crippen molar-refractivity contribution in [2.75, 3.05) is 0 Å². The second kappa shape index (κ2) is 6.00. The minimum Gasteiger partial charge on any atom is -0.444 e. The van der Waals surface area contributed by atoms with Crippen LogP contribution in [0.3, 0.4) is 0 Å². The van der Waals surface area contributed by atoms with Crippen molar-refractivity contribution in [3.63, 3.8) is 0 Å². The molecule has 0 saturated carbocycles. The highest BCUT2D eigenvalue weighted by Gasteiger charge is 2.12. The first-order valence-corrected chi connectivity index (χ1v) is 6.10. The number of rotatable bonds is 3. The molecule has 1 aromatic rings. The fourth-order valence-corrected chi connectivity index (χ4v) is 1.56. The molecule has 2 N–H and O–H groups in total. The Bertz CT molecular complexity index is 392. The van der Waals surface area contributed by atoms with E-state index in [9.17, 15) is 4.79 Å². The summed E-state index contributed by atoms with van der Waals surface area (Å²) >= 11 is 8.11. The van der Waals surface area contributed by atoms with Crippen molar-refractivity contribution < 1.29 is 9.21 Å². The van der Waals surface area contributed by atoms with E-state index in [1.807, 2.05) is 13.8 Å². The fraction of sp³-hybridized carbons (Fsp3) is 0.400. The van der Waals surface area contributed by atoms with Gasteiger partial charge in [0.1, 0.15) is 0 Å². The number of nitrogens with one attached hydrogen (secondary N) is 2. The van der Waals surface area contributed by atoms with Gasteiger partial charge < -0.3 is 9.73 Å². The standard InChI is InChI=1S/C10H13BrN2O2S/c1-3-6(2)12-10(16)13-9(14)7-4-5-8(11)15-7/h4-6H,3H2,1-2H3,(H2,12,13,14,16). The normalized spacial score (nSPS) is 11.9. The molecule has 0 aromatic carbocycles.